The van der Waals surface area contributed by atoms with Crippen LogP contribution in [0.2, 0.25) is 0 Å². The van der Waals surface area contributed by atoms with E-state index < -0.39 is 0 Å². The third-order valence-electron chi connectivity index (χ3n) is 6.27. The predicted molar refractivity (Wildman–Crippen MR) is 125 cm³/mol. The molecule has 0 bridgehead atoms. The van der Waals surface area contributed by atoms with Crippen LogP contribution in [0.3, 0.4) is 0 Å². The molecule has 2 fully saturated rings. The van der Waals surface area contributed by atoms with Gasteiger partial charge in [0.25, 0.3) is 0 Å². The van der Waals surface area contributed by atoms with Crippen molar-refractivity contribution in [1.82, 2.24) is 5.32 Å². The maximum atomic E-state index is 12.1. The highest BCUT2D eigenvalue weighted by Crippen LogP contribution is 2.39. The minimum Gasteiger partial charge on any atom is -0.497 e. The van der Waals surface area contributed by atoms with Gasteiger partial charge in [0.05, 0.1) is 12.6 Å². The Balaban J connectivity index is 1.47. The minimum atomic E-state index is -0.146. The van der Waals surface area contributed by atoms with Crippen molar-refractivity contribution in [2.24, 2.45) is 0 Å². The highest BCUT2D eigenvalue weighted by atomic mass is 32.1. The maximum absolute atomic E-state index is 12.1. The van der Waals surface area contributed by atoms with Crippen LogP contribution in [0.1, 0.15) is 49.7 Å². The first-order valence-electron chi connectivity index (χ1n) is 10.7. The van der Waals surface area contributed by atoms with Gasteiger partial charge in [-0.3, -0.25) is 4.79 Å². The molecule has 1 saturated heterocycles. The lowest BCUT2D eigenvalue weighted by atomic mass is 9.88. The average molecular weight is 424 g/mol. The van der Waals surface area contributed by atoms with Crippen LogP contribution in [0.25, 0.3) is 0 Å². The molecule has 0 radical (unpaired) electrons. The average Bonchev–Trinajstić information content (AvgIpc) is 3.38. The molecular formula is C24H29N3O2S. The number of hydrogen-bond donors (Lipinski definition) is 2. The van der Waals surface area contributed by atoms with Crippen molar-refractivity contribution in [2.45, 2.75) is 51.0 Å². The number of aryl methyl sites for hydroxylation is 1. The first kappa shape index (κ1) is 20.7. The number of nitrogens with one attached hydrogen (secondary N) is 2. The highest BCUT2D eigenvalue weighted by molar-refractivity contribution is 7.80. The molecule has 4 rings (SSSR count). The summed E-state index contributed by atoms with van der Waals surface area (Å²) in [6, 6.07) is 14.3. The fourth-order valence-electron chi connectivity index (χ4n) is 4.69. The van der Waals surface area contributed by atoms with Crippen LogP contribution in [-0.2, 0) is 10.3 Å². The summed E-state index contributed by atoms with van der Waals surface area (Å²) in [6.07, 6.45) is 6.03. The first-order valence-corrected chi connectivity index (χ1v) is 11.1. The number of anilines is 2. The molecule has 30 heavy (non-hydrogen) atoms. The Morgan fingerprint density at radius 2 is 1.83 bits per heavy atom. The molecule has 1 saturated carbocycles. The highest BCUT2D eigenvalue weighted by Gasteiger charge is 2.36. The van der Waals surface area contributed by atoms with Crippen LogP contribution >= 0.6 is 12.2 Å². The van der Waals surface area contributed by atoms with Gasteiger partial charge in [0, 0.05) is 24.3 Å². The largest absolute Gasteiger partial charge is 0.497 e. The summed E-state index contributed by atoms with van der Waals surface area (Å²) in [5, 5.41) is 7.58. The molecule has 0 aromatic heterocycles. The Labute approximate surface area is 183 Å². The molecule has 1 amide bonds. The van der Waals surface area contributed by atoms with Gasteiger partial charge in [-0.15, -0.1) is 0 Å². The Morgan fingerprint density at radius 3 is 2.43 bits per heavy atom. The van der Waals surface area contributed by atoms with Crippen molar-refractivity contribution in [3.8, 4) is 5.75 Å². The SMILES string of the molecule is COc1ccc(C2(NC(=S)Nc3ccc(N4CCCC4=O)c(C)c3)CCCC2)cc1. The summed E-state index contributed by atoms with van der Waals surface area (Å²) < 4.78 is 5.31. The van der Waals surface area contributed by atoms with Crippen molar-refractivity contribution < 1.29 is 9.53 Å². The molecule has 2 N–H and O–H groups in total. The lowest BCUT2D eigenvalue weighted by molar-refractivity contribution is -0.117. The van der Waals surface area contributed by atoms with Gasteiger partial charge >= 0.3 is 0 Å². The second-order valence-electron chi connectivity index (χ2n) is 8.25. The topological polar surface area (TPSA) is 53.6 Å². The number of thiocarbonyl (C=S) groups is 1. The monoisotopic (exact) mass is 423 g/mol. The molecule has 158 valence electrons. The fourth-order valence-corrected chi connectivity index (χ4v) is 5.01. The Hall–Kier alpha value is -2.60. The van der Waals surface area contributed by atoms with Crippen molar-refractivity contribution in [2.75, 3.05) is 23.9 Å². The number of ether oxygens (including phenoxy) is 1. The van der Waals surface area contributed by atoms with E-state index in [1.165, 1.54) is 18.4 Å². The van der Waals surface area contributed by atoms with E-state index in [0.717, 1.165) is 48.5 Å². The number of nitrogens with zero attached hydrogens (tertiary/aromatic N) is 1. The molecule has 1 aliphatic carbocycles. The third kappa shape index (κ3) is 4.15. The number of methoxy groups -OCH3 is 1. The zero-order valence-corrected chi connectivity index (χ0v) is 18.5. The molecule has 2 aliphatic rings. The van der Waals surface area contributed by atoms with Crippen LogP contribution in [0.5, 0.6) is 5.75 Å². The number of hydrogen-bond acceptors (Lipinski definition) is 3. The lowest BCUT2D eigenvalue weighted by Gasteiger charge is -2.32. The molecule has 0 spiro atoms. The number of amides is 1. The van der Waals surface area contributed by atoms with Gasteiger partial charge in [0.15, 0.2) is 5.11 Å². The first-order chi connectivity index (χ1) is 14.5. The van der Waals surface area contributed by atoms with E-state index in [-0.39, 0.29) is 11.4 Å². The third-order valence-corrected chi connectivity index (χ3v) is 6.48. The van der Waals surface area contributed by atoms with Gasteiger partial charge < -0.3 is 20.3 Å². The van der Waals surface area contributed by atoms with E-state index in [1.54, 1.807) is 7.11 Å². The Kier molecular flexibility index (Phi) is 5.95. The number of rotatable bonds is 5. The summed E-state index contributed by atoms with van der Waals surface area (Å²) in [5.41, 5.74) is 4.09. The predicted octanol–water partition coefficient (Wildman–Crippen LogP) is 4.89. The second kappa shape index (κ2) is 8.64. The quantitative estimate of drug-likeness (QED) is 0.671. The molecule has 0 atom stereocenters. The van der Waals surface area contributed by atoms with Gasteiger partial charge in [-0.25, -0.2) is 0 Å². The summed E-state index contributed by atoms with van der Waals surface area (Å²) in [6.45, 7) is 2.84. The molecule has 5 nitrogen and oxygen atoms in total. The van der Waals surface area contributed by atoms with Crippen LogP contribution < -0.4 is 20.3 Å². The van der Waals surface area contributed by atoms with Crippen LogP contribution in [-0.4, -0.2) is 24.7 Å². The van der Waals surface area contributed by atoms with Crippen LogP contribution in [0.15, 0.2) is 42.5 Å². The zero-order chi connectivity index (χ0) is 21.1. The summed E-state index contributed by atoms with van der Waals surface area (Å²) >= 11 is 5.68. The maximum Gasteiger partial charge on any atom is 0.227 e. The van der Waals surface area contributed by atoms with Crippen molar-refractivity contribution >= 4 is 34.6 Å². The van der Waals surface area contributed by atoms with Crippen molar-refractivity contribution in [1.29, 1.82) is 0 Å². The lowest BCUT2D eigenvalue weighted by Crippen LogP contribution is -2.45. The van der Waals surface area contributed by atoms with Gasteiger partial charge in [-0.1, -0.05) is 25.0 Å². The van der Waals surface area contributed by atoms with E-state index >= 15 is 0 Å². The molecule has 0 unspecified atom stereocenters. The molecule has 2 aromatic rings. The van der Waals surface area contributed by atoms with Gasteiger partial charge in [0.2, 0.25) is 5.91 Å². The molecule has 2 aromatic carbocycles. The summed E-state index contributed by atoms with van der Waals surface area (Å²) in [5.74, 6) is 1.07. The Bertz CT molecular complexity index is 936. The second-order valence-corrected chi connectivity index (χ2v) is 8.66. The van der Waals surface area contributed by atoms with Crippen molar-refractivity contribution in [3.05, 3.63) is 53.6 Å². The normalized spacial score (nSPS) is 17.8. The number of carbonyl (C=O) groups is 1. The smallest absolute Gasteiger partial charge is 0.227 e. The molecule has 1 aliphatic heterocycles. The molecule has 6 heteroatoms. The van der Waals surface area contributed by atoms with E-state index in [1.807, 2.05) is 36.1 Å². The molecule has 1 heterocycles. The number of benzene rings is 2. The van der Waals surface area contributed by atoms with Gasteiger partial charge in [-0.2, -0.15) is 0 Å². The van der Waals surface area contributed by atoms with E-state index in [9.17, 15) is 4.79 Å². The van der Waals surface area contributed by atoms with E-state index in [4.69, 9.17) is 17.0 Å². The zero-order valence-electron chi connectivity index (χ0n) is 17.7. The van der Waals surface area contributed by atoms with Gasteiger partial charge in [0.1, 0.15) is 5.75 Å². The Morgan fingerprint density at radius 1 is 1.10 bits per heavy atom. The number of carbonyl (C=O) groups excluding carboxylic acids is 1. The van der Waals surface area contributed by atoms with Crippen LogP contribution in [0, 0.1) is 6.92 Å². The van der Waals surface area contributed by atoms with Gasteiger partial charge in [-0.05, 0) is 79.9 Å². The van der Waals surface area contributed by atoms with Crippen molar-refractivity contribution in [3.63, 3.8) is 0 Å². The minimum absolute atomic E-state index is 0.146. The van der Waals surface area contributed by atoms with E-state index in [2.05, 4.69) is 28.8 Å². The summed E-state index contributed by atoms with van der Waals surface area (Å²) in [7, 11) is 1.69. The summed E-state index contributed by atoms with van der Waals surface area (Å²) in [4.78, 5) is 13.9. The van der Waals surface area contributed by atoms with Crippen LogP contribution in [0.4, 0.5) is 11.4 Å². The fraction of sp³-hybridized carbons (Fsp3) is 0.417. The standard InChI is InChI=1S/C24H29N3O2S/c1-17-16-19(9-12-21(17)27-15-5-6-22(27)28)25-23(30)26-24(13-3-4-14-24)18-7-10-20(29-2)11-8-18/h7-12,16H,3-6,13-15H2,1-2H3,(H2,25,26,30). The van der Waals surface area contributed by atoms with E-state index in [0.29, 0.717) is 11.5 Å². The molecular weight excluding hydrogens is 394 g/mol.